The van der Waals surface area contributed by atoms with Crippen LogP contribution in [0.2, 0.25) is 0 Å². The maximum Gasteiger partial charge on any atom is 0.213 e. The highest BCUT2D eigenvalue weighted by Crippen LogP contribution is 2.22. The molecule has 0 fully saturated rings. The van der Waals surface area contributed by atoms with Gasteiger partial charge in [0.1, 0.15) is 5.76 Å². The molecule has 2 N–H and O–H groups in total. The van der Waals surface area contributed by atoms with Crippen molar-refractivity contribution in [3.8, 4) is 0 Å². The molecule has 0 radical (unpaired) electrons. The number of ether oxygens (including phenoxy) is 1. The van der Waals surface area contributed by atoms with Crippen LogP contribution in [0.25, 0.3) is 0 Å². The quantitative estimate of drug-likeness (QED) is 0.432. The molecule has 0 unspecified atom stereocenters. The number of guanidine groups is 1. The number of aliphatic imine (C=N–C) groups is 1. The molecule has 1 aromatic rings. The van der Waals surface area contributed by atoms with Crippen molar-refractivity contribution in [1.82, 2.24) is 15.6 Å². The number of rotatable bonds is 5. The zero-order valence-corrected chi connectivity index (χ0v) is 16.9. The van der Waals surface area contributed by atoms with Gasteiger partial charge in [0.15, 0.2) is 5.96 Å². The normalized spacial score (nSPS) is 12.8. The van der Waals surface area contributed by atoms with E-state index >= 15 is 0 Å². The minimum Gasteiger partial charge on any atom is -0.443 e. The Kier molecular flexibility index (Phi) is 8.38. The molecule has 1 rings (SSSR count). The highest BCUT2D eigenvalue weighted by Gasteiger charge is 2.19. The number of methoxy groups -OCH3 is 1. The summed E-state index contributed by atoms with van der Waals surface area (Å²) in [4.78, 5) is 8.44. The average Bonchev–Trinajstić information content (AvgIpc) is 2.88. The first-order valence-corrected chi connectivity index (χ1v) is 7.13. The number of nitrogens with zero attached hydrogens (tertiary/aromatic N) is 2. The highest BCUT2D eigenvalue weighted by molar-refractivity contribution is 14.0. The third-order valence-corrected chi connectivity index (χ3v) is 3.16. The van der Waals surface area contributed by atoms with Gasteiger partial charge in [-0.3, -0.25) is 4.99 Å². The average molecular weight is 424 g/mol. The van der Waals surface area contributed by atoms with E-state index in [0.717, 1.165) is 5.76 Å². The van der Waals surface area contributed by atoms with Crippen LogP contribution in [0.5, 0.6) is 0 Å². The number of nitrogens with one attached hydrogen (secondary N) is 2. The van der Waals surface area contributed by atoms with E-state index in [1.54, 1.807) is 20.4 Å². The largest absolute Gasteiger partial charge is 0.443 e. The molecule has 0 amide bonds. The molecule has 128 valence electrons. The molecule has 6 nitrogen and oxygen atoms in total. The molecule has 0 aliphatic carbocycles. The van der Waals surface area contributed by atoms with E-state index in [0.29, 0.717) is 24.9 Å². The number of halogens is 1. The Hall–Kier alpha value is -0.830. The van der Waals surface area contributed by atoms with Crippen molar-refractivity contribution in [2.75, 3.05) is 20.7 Å². The predicted octanol–water partition coefficient (Wildman–Crippen LogP) is 2.68. The van der Waals surface area contributed by atoms with E-state index in [-0.39, 0.29) is 35.0 Å². The third kappa shape index (κ3) is 6.95. The zero-order chi connectivity index (χ0) is 16.1. The molecule has 0 saturated heterocycles. The van der Waals surface area contributed by atoms with Crippen LogP contribution in [-0.4, -0.2) is 37.2 Å². The summed E-state index contributed by atoms with van der Waals surface area (Å²) in [6.45, 7) is 11.5. The van der Waals surface area contributed by atoms with Gasteiger partial charge in [-0.05, 0) is 13.8 Å². The van der Waals surface area contributed by atoms with Gasteiger partial charge in [-0.1, -0.05) is 20.8 Å². The standard InChI is InChI=1S/C15H28N4O2.HI/c1-14(2,3)11-8-17-12(21-11)9-18-13(16-6)19-10-15(4,5)20-7;/h8H,9-10H2,1-7H3,(H2,16,18,19);1H. The van der Waals surface area contributed by atoms with Crippen molar-refractivity contribution in [3.05, 3.63) is 17.8 Å². The monoisotopic (exact) mass is 424 g/mol. The Morgan fingerprint density at radius 1 is 1.27 bits per heavy atom. The van der Waals surface area contributed by atoms with Crippen LogP contribution in [0.4, 0.5) is 0 Å². The zero-order valence-electron chi connectivity index (χ0n) is 14.6. The Bertz CT molecular complexity index is 478. The van der Waals surface area contributed by atoms with Crippen molar-refractivity contribution < 1.29 is 9.15 Å². The molecule has 1 heterocycles. The Balaban J connectivity index is 0.00000441. The SMILES string of the molecule is CN=C(NCc1ncc(C(C)(C)C)o1)NCC(C)(C)OC.I. The van der Waals surface area contributed by atoms with Crippen LogP contribution in [0.3, 0.4) is 0 Å². The van der Waals surface area contributed by atoms with E-state index in [4.69, 9.17) is 9.15 Å². The van der Waals surface area contributed by atoms with Gasteiger partial charge in [0.2, 0.25) is 5.89 Å². The van der Waals surface area contributed by atoms with Crippen molar-refractivity contribution >= 4 is 29.9 Å². The van der Waals surface area contributed by atoms with E-state index in [1.807, 2.05) is 13.8 Å². The Morgan fingerprint density at radius 2 is 1.91 bits per heavy atom. The molecule has 0 atom stereocenters. The molecule has 0 aliphatic rings. The topological polar surface area (TPSA) is 71.7 Å². The maximum atomic E-state index is 5.73. The van der Waals surface area contributed by atoms with Gasteiger partial charge in [0.25, 0.3) is 0 Å². The molecule has 0 saturated carbocycles. The van der Waals surface area contributed by atoms with Crippen LogP contribution < -0.4 is 10.6 Å². The number of oxazole rings is 1. The van der Waals surface area contributed by atoms with Crippen LogP contribution >= 0.6 is 24.0 Å². The van der Waals surface area contributed by atoms with Gasteiger partial charge in [-0.15, -0.1) is 24.0 Å². The molecule has 0 bridgehead atoms. The lowest BCUT2D eigenvalue weighted by Crippen LogP contribution is -2.45. The van der Waals surface area contributed by atoms with E-state index in [2.05, 4.69) is 41.4 Å². The molecular formula is C15H29IN4O2. The summed E-state index contributed by atoms with van der Waals surface area (Å²) in [5, 5.41) is 6.39. The van der Waals surface area contributed by atoms with Gasteiger partial charge in [-0.2, -0.15) is 0 Å². The number of aromatic nitrogens is 1. The van der Waals surface area contributed by atoms with Gasteiger partial charge in [-0.25, -0.2) is 4.98 Å². The summed E-state index contributed by atoms with van der Waals surface area (Å²) < 4.78 is 11.1. The summed E-state index contributed by atoms with van der Waals surface area (Å²) in [6, 6.07) is 0. The molecular weight excluding hydrogens is 395 g/mol. The molecule has 0 aliphatic heterocycles. The van der Waals surface area contributed by atoms with Gasteiger partial charge < -0.3 is 19.8 Å². The molecule has 22 heavy (non-hydrogen) atoms. The fourth-order valence-electron chi connectivity index (χ4n) is 1.49. The van der Waals surface area contributed by atoms with Crippen LogP contribution in [0.1, 0.15) is 46.3 Å². The number of hydrogen-bond donors (Lipinski definition) is 2. The van der Waals surface area contributed by atoms with Crippen molar-refractivity contribution in [3.63, 3.8) is 0 Å². The van der Waals surface area contributed by atoms with E-state index in [9.17, 15) is 0 Å². The minimum atomic E-state index is -0.250. The summed E-state index contributed by atoms with van der Waals surface area (Å²) in [5.74, 6) is 2.22. The third-order valence-electron chi connectivity index (χ3n) is 3.16. The summed E-state index contributed by atoms with van der Waals surface area (Å²) >= 11 is 0. The lowest BCUT2D eigenvalue weighted by Gasteiger charge is -2.24. The lowest BCUT2D eigenvalue weighted by molar-refractivity contribution is 0.0268. The van der Waals surface area contributed by atoms with Crippen LogP contribution in [0.15, 0.2) is 15.6 Å². The summed E-state index contributed by atoms with van der Waals surface area (Å²) in [7, 11) is 3.42. The van der Waals surface area contributed by atoms with Crippen LogP contribution in [0, 0.1) is 0 Å². The Morgan fingerprint density at radius 3 is 2.36 bits per heavy atom. The van der Waals surface area contributed by atoms with Gasteiger partial charge >= 0.3 is 0 Å². The second-order valence-electron chi connectivity index (χ2n) is 6.61. The maximum absolute atomic E-state index is 5.73. The van der Waals surface area contributed by atoms with E-state index < -0.39 is 0 Å². The second kappa shape index (κ2) is 8.71. The summed E-state index contributed by atoms with van der Waals surface area (Å²) in [6.07, 6.45) is 1.78. The summed E-state index contributed by atoms with van der Waals surface area (Å²) in [5.41, 5.74) is -0.284. The lowest BCUT2D eigenvalue weighted by atomic mass is 9.94. The van der Waals surface area contributed by atoms with Crippen molar-refractivity contribution in [2.45, 2.75) is 52.2 Å². The first-order valence-electron chi connectivity index (χ1n) is 7.13. The number of hydrogen-bond acceptors (Lipinski definition) is 4. The first kappa shape index (κ1) is 21.2. The van der Waals surface area contributed by atoms with E-state index in [1.165, 1.54) is 0 Å². The second-order valence-corrected chi connectivity index (χ2v) is 6.61. The minimum absolute atomic E-state index is 0. The fourth-order valence-corrected chi connectivity index (χ4v) is 1.49. The van der Waals surface area contributed by atoms with Crippen LogP contribution in [-0.2, 0) is 16.7 Å². The van der Waals surface area contributed by atoms with Gasteiger partial charge in [0, 0.05) is 26.1 Å². The predicted molar refractivity (Wildman–Crippen MR) is 99.9 cm³/mol. The van der Waals surface area contributed by atoms with Crippen molar-refractivity contribution in [1.29, 1.82) is 0 Å². The smallest absolute Gasteiger partial charge is 0.213 e. The van der Waals surface area contributed by atoms with Gasteiger partial charge in [0.05, 0.1) is 18.3 Å². The molecule has 7 heteroatoms. The fraction of sp³-hybridized carbons (Fsp3) is 0.733. The Labute approximate surface area is 150 Å². The molecule has 1 aromatic heterocycles. The molecule has 0 aromatic carbocycles. The first-order chi connectivity index (χ1) is 9.68. The van der Waals surface area contributed by atoms with Crippen molar-refractivity contribution in [2.24, 2.45) is 4.99 Å². The highest BCUT2D eigenvalue weighted by atomic mass is 127. The molecule has 0 spiro atoms.